The van der Waals surface area contributed by atoms with E-state index in [0.29, 0.717) is 12.3 Å². The molecule has 1 fully saturated rings. The quantitative estimate of drug-likeness (QED) is 0.428. The fourth-order valence-corrected chi connectivity index (χ4v) is 3.83. The molecule has 178 valence electrons. The van der Waals surface area contributed by atoms with Crippen LogP contribution in [0.4, 0.5) is 0 Å². The Hall–Kier alpha value is -2.55. The van der Waals surface area contributed by atoms with Gasteiger partial charge in [0.25, 0.3) is 0 Å². The summed E-state index contributed by atoms with van der Waals surface area (Å²) in [7, 11) is 0. The number of amides is 2. The van der Waals surface area contributed by atoms with E-state index >= 15 is 0 Å². The van der Waals surface area contributed by atoms with E-state index < -0.39 is 24.0 Å². The van der Waals surface area contributed by atoms with Crippen molar-refractivity contribution in [3.05, 3.63) is 23.3 Å². The number of aryl methyl sites for hydroxylation is 2. The predicted molar refractivity (Wildman–Crippen MR) is 121 cm³/mol. The van der Waals surface area contributed by atoms with Crippen molar-refractivity contribution in [2.75, 3.05) is 13.1 Å². The summed E-state index contributed by atoms with van der Waals surface area (Å²) in [4.78, 5) is 46.0. The Morgan fingerprint density at radius 3 is 2.25 bits per heavy atom. The third-order valence-electron chi connectivity index (χ3n) is 5.73. The maximum absolute atomic E-state index is 12.7. The normalized spacial score (nSPS) is 16.6. The van der Waals surface area contributed by atoms with Gasteiger partial charge in [0.05, 0.1) is 0 Å². The first-order valence-corrected chi connectivity index (χ1v) is 11.5. The summed E-state index contributed by atoms with van der Waals surface area (Å²) in [6.45, 7) is 10.9. The lowest BCUT2D eigenvalue weighted by Crippen LogP contribution is -2.55. The van der Waals surface area contributed by atoms with Crippen LogP contribution in [0, 0.1) is 18.8 Å². The van der Waals surface area contributed by atoms with E-state index in [0.717, 1.165) is 43.1 Å². The van der Waals surface area contributed by atoms with Gasteiger partial charge in [-0.15, -0.1) is 0 Å². The topological polar surface area (TPSA) is 133 Å². The summed E-state index contributed by atoms with van der Waals surface area (Å²) < 4.78 is 0. The first-order valence-electron chi connectivity index (χ1n) is 11.5. The zero-order valence-corrected chi connectivity index (χ0v) is 19.8. The fourth-order valence-electron chi connectivity index (χ4n) is 3.83. The number of aliphatic carboxylic acids is 1. The van der Waals surface area contributed by atoms with Crippen molar-refractivity contribution in [1.29, 1.82) is 0 Å². The van der Waals surface area contributed by atoms with Gasteiger partial charge in [0.1, 0.15) is 17.9 Å². The van der Waals surface area contributed by atoms with Gasteiger partial charge in [-0.3, -0.25) is 9.59 Å². The molecule has 0 radical (unpaired) electrons. The van der Waals surface area contributed by atoms with Gasteiger partial charge in [0, 0.05) is 23.7 Å². The Morgan fingerprint density at radius 1 is 1.06 bits per heavy atom. The van der Waals surface area contributed by atoms with Crippen molar-refractivity contribution in [2.45, 2.75) is 78.3 Å². The van der Waals surface area contributed by atoms with Crippen LogP contribution in [-0.4, -0.2) is 58.0 Å². The first kappa shape index (κ1) is 25.7. The van der Waals surface area contributed by atoms with E-state index in [9.17, 15) is 19.5 Å². The molecule has 32 heavy (non-hydrogen) atoms. The van der Waals surface area contributed by atoms with Gasteiger partial charge < -0.3 is 21.1 Å². The van der Waals surface area contributed by atoms with Gasteiger partial charge in [0.2, 0.25) is 11.8 Å². The lowest BCUT2D eigenvalue weighted by Gasteiger charge is -2.25. The summed E-state index contributed by atoms with van der Waals surface area (Å²) in [5, 5.41) is 18.0. The van der Waals surface area contributed by atoms with E-state index in [4.69, 9.17) is 4.98 Å². The minimum absolute atomic E-state index is 0.186. The number of piperidine rings is 1. The van der Waals surface area contributed by atoms with Crippen molar-refractivity contribution in [2.24, 2.45) is 11.8 Å². The second-order valence-electron chi connectivity index (χ2n) is 9.24. The van der Waals surface area contributed by atoms with Crippen LogP contribution in [0.2, 0.25) is 0 Å². The predicted octanol–water partition coefficient (Wildman–Crippen LogP) is 1.55. The first-order chi connectivity index (χ1) is 15.1. The lowest BCUT2D eigenvalue weighted by atomic mass is 9.97. The molecule has 0 bridgehead atoms. The van der Waals surface area contributed by atoms with E-state index in [2.05, 4.69) is 20.9 Å². The van der Waals surface area contributed by atoms with Crippen molar-refractivity contribution >= 4 is 17.8 Å². The number of carbonyl (C=O) groups excluding carboxylic acids is 2. The van der Waals surface area contributed by atoms with Gasteiger partial charge in [-0.1, -0.05) is 27.7 Å². The highest BCUT2D eigenvalue weighted by atomic mass is 16.4. The third-order valence-corrected chi connectivity index (χ3v) is 5.73. The summed E-state index contributed by atoms with van der Waals surface area (Å²) in [5.41, 5.74) is 1.70. The Bertz CT molecular complexity index is 806. The zero-order chi connectivity index (χ0) is 23.8. The fraction of sp³-hybridized carbons (Fsp3) is 0.696. The summed E-state index contributed by atoms with van der Waals surface area (Å²) in [6, 6.07) is 0.0866. The molecule has 2 atom stereocenters. The highest BCUT2D eigenvalue weighted by Crippen LogP contribution is 2.22. The van der Waals surface area contributed by atoms with E-state index in [1.165, 1.54) is 0 Å². The minimum Gasteiger partial charge on any atom is -0.480 e. The molecule has 1 aliphatic heterocycles. The Morgan fingerprint density at radius 2 is 1.69 bits per heavy atom. The van der Waals surface area contributed by atoms with E-state index in [-0.39, 0.29) is 24.2 Å². The number of hydrogen-bond acceptors (Lipinski definition) is 6. The summed E-state index contributed by atoms with van der Waals surface area (Å²) >= 11 is 0. The lowest BCUT2D eigenvalue weighted by molar-refractivity contribution is -0.143. The maximum Gasteiger partial charge on any atom is 0.326 e. The van der Waals surface area contributed by atoms with Gasteiger partial charge in [-0.25, -0.2) is 14.8 Å². The molecule has 0 aromatic carbocycles. The molecule has 0 saturated carbocycles. The van der Waals surface area contributed by atoms with Crippen molar-refractivity contribution in [1.82, 2.24) is 25.9 Å². The van der Waals surface area contributed by atoms with Crippen LogP contribution in [-0.2, 0) is 20.8 Å². The monoisotopic (exact) mass is 447 g/mol. The second kappa shape index (κ2) is 11.9. The molecule has 9 heteroatoms. The highest BCUT2D eigenvalue weighted by molar-refractivity contribution is 5.90. The van der Waals surface area contributed by atoms with Crippen LogP contribution in [0.25, 0.3) is 0 Å². The van der Waals surface area contributed by atoms with E-state index in [1.54, 1.807) is 13.8 Å². The molecule has 9 nitrogen and oxygen atoms in total. The number of nitrogens with zero attached hydrogens (tertiary/aromatic N) is 2. The molecule has 0 unspecified atom stereocenters. The summed E-state index contributed by atoms with van der Waals surface area (Å²) in [6.07, 6.45) is 2.64. The Balaban J connectivity index is 1.98. The molecule has 1 aliphatic rings. The minimum atomic E-state index is -1.09. The molecule has 4 N–H and O–H groups in total. The highest BCUT2D eigenvalue weighted by Gasteiger charge is 2.30. The molecule has 2 amide bonds. The summed E-state index contributed by atoms with van der Waals surface area (Å²) in [5.74, 6) is -1.12. The average molecular weight is 448 g/mol. The van der Waals surface area contributed by atoms with Crippen LogP contribution in [0.5, 0.6) is 0 Å². The van der Waals surface area contributed by atoms with Gasteiger partial charge in [0.15, 0.2) is 0 Å². The number of rotatable bonds is 10. The van der Waals surface area contributed by atoms with Crippen LogP contribution in [0.15, 0.2) is 6.07 Å². The van der Waals surface area contributed by atoms with Gasteiger partial charge in [-0.05, 0) is 57.2 Å². The van der Waals surface area contributed by atoms with Crippen LogP contribution in [0.1, 0.15) is 70.1 Å². The van der Waals surface area contributed by atoms with Crippen molar-refractivity contribution < 1.29 is 19.5 Å². The molecular weight excluding hydrogens is 410 g/mol. The second-order valence-corrected chi connectivity index (χ2v) is 9.24. The number of aromatic nitrogens is 2. The smallest absolute Gasteiger partial charge is 0.326 e. The van der Waals surface area contributed by atoms with Gasteiger partial charge in [-0.2, -0.15) is 0 Å². The largest absolute Gasteiger partial charge is 0.480 e. The van der Waals surface area contributed by atoms with Crippen LogP contribution in [0.3, 0.4) is 0 Å². The molecule has 2 heterocycles. The Kier molecular flexibility index (Phi) is 9.56. The number of carboxylic acids is 1. The molecular formula is C23H37N5O4. The van der Waals surface area contributed by atoms with E-state index in [1.807, 2.05) is 26.8 Å². The maximum atomic E-state index is 12.7. The number of nitrogens with one attached hydrogen (secondary N) is 3. The van der Waals surface area contributed by atoms with Gasteiger partial charge >= 0.3 is 5.97 Å². The third kappa shape index (κ3) is 7.55. The number of carboxylic acid groups (broad SMARTS) is 1. The zero-order valence-electron chi connectivity index (χ0n) is 19.8. The molecule has 1 saturated heterocycles. The van der Waals surface area contributed by atoms with Crippen LogP contribution < -0.4 is 16.0 Å². The molecule has 0 aliphatic carbocycles. The molecule has 1 aromatic heterocycles. The SMILES string of the molecule is Cc1cc(CCC(=O)N[C@H](C(=O)N[C@H](C(=O)O)C(C)C)C(C)C)nc(C2CCNCC2)n1. The Labute approximate surface area is 190 Å². The number of carbonyl (C=O) groups is 3. The van der Waals surface area contributed by atoms with Crippen LogP contribution >= 0.6 is 0 Å². The van der Waals surface area contributed by atoms with Crippen molar-refractivity contribution in [3.8, 4) is 0 Å². The molecule has 2 rings (SSSR count). The standard InChI is InChI=1S/C23H37N5O4/c1-13(2)19(22(30)28-20(14(3)4)23(31)32)27-18(29)7-6-17-12-15(5)25-21(26-17)16-8-10-24-11-9-16/h12-14,16,19-20,24H,6-11H2,1-5H3,(H,27,29)(H,28,30)(H,31,32)/t19-,20-/m0/s1. The van der Waals surface area contributed by atoms with Crippen molar-refractivity contribution in [3.63, 3.8) is 0 Å². The molecule has 0 spiro atoms. The number of hydrogen-bond donors (Lipinski definition) is 4. The molecule has 1 aromatic rings. The average Bonchev–Trinajstić information content (AvgIpc) is 2.73.